The third kappa shape index (κ3) is 3.53. The van der Waals surface area contributed by atoms with Gasteiger partial charge in [-0.25, -0.2) is 0 Å². The smallest absolute Gasteiger partial charge is 0.417 e. The SMILES string of the molecule is Cn1c(-c2ccccc2C(F)(F)F)nnc1C(C)(C)Oc1cnccc1C#N. The average molecular weight is 387 g/mol. The first kappa shape index (κ1) is 19.4. The highest BCUT2D eigenvalue weighted by molar-refractivity contribution is 5.61. The number of ether oxygens (including phenoxy) is 1. The molecule has 1 aromatic carbocycles. The van der Waals surface area contributed by atoms with E-state index in [1.807, 2.05) is 6.07 Å². The second kappa shape index (κ2) is 6.96. The summed E-state index contributed by atoms with van der Waals surface area (Å²) in [6.45, 7) is 3.37. The minimum Gasteiger partial charge on any atom is -0.477 e. The first-order chi connectivity index (χ1) is 13.1. The summed E-state index contributed by atoms with van der Waals surface area (Å²) >= 11 is 0. The number of hydrogen-bond donors (Lipinski definition) is 0. The molecule has 3 rings (SSSR count). The number of alkyl halides is 3. The summed E-state index contributed by atoms with van der Waals surface area (Å²) in [4.78, 5) is 3.94. The number of hydrogen-bond acceptors (Lipinski definition) is 5. The molecular formula is C19H16F3N5O. The Morgan fingerprint density at radius 1 is 1.11 bits per heavy atom. The maximum atomic E-state index is 13.4. The topological polar surface area (TPSA) is 76.6 Å². The second-order valence-electron chi connectivity index (χ2n) is 6.55. The lowest BCUT2D eigenvalue weighted by Gasteiger charge is -2.25. The van der Waals surface area contributed by atoms with Crippen LogP contribution >= 0.6 is 0 Å². The summed E-state index contributed by atoms with van der Waals surface area (Å²) in [6.07, 6.45) is -1.66. The van der Waals surface area contributed by atoms with Crippen molar-refractivity contribution in [1.82, 2.24) is 19.7 Å². The molecule has 0 aliphatic heterocycles. The fourth-order valence-electron chi connectivity index (χ4n) is 2.89. The molecule has 0 spiro atoms. The van der Waals surface area contributed by atoms with Crippen LogP contribution in [0.25, 0.3) is 11.4 Å². The first-order valence-electron chi connectivity index (χ1n) is 8.24. The van der Waals surface area contributed by atoms with Gasteiger partial charge in [-0.3, -0.25) is 4.98 Å². The van der Waals surface area contributed by atoms with Gasteiger partial charge in [0.15, 0.2) is 23.0 Å². The van der Waals surface area contributed by atoms with Crippen molar-refractivity contribution < 1.29 is 17.9 Å². The molecule has 9 heteroatoms. The van der Waals surface area contributed by atoms with Gasteiger partial charge < -0.3 is 9.30 Å². The number of rotatable bonds is 4. The third-order valence-corrected chi connectivity index (χ3v) is 4.16. The van der Waals surface area contributed by atoms with Crippen LogP contribution in [0, 0.1) is 11.3 Å². The largest absolute Gasteiger partial charge is 0.477 e. The van der Waals surface area contributed by atoms with Crippen LogP contribution in [0.4, 0.5) is 13.2 Å². The van der Waals surface area contributed by atoms with Gasteiger partial charge in [0.25, 0.3) is 0 Å². The fraction of sp³-hybridized carbons (Fsp3) is 0.263. The fourth-order valence-corrected chi connectivity index (χ4v) is 2.89. The second-order valence-corrected chi connectivity index (χ2v) is 6.55. The Labute approximate surface area is 159 Å². The molecule has 0 radical (unpaired) electrons. The quantitative estimate of drug-likeness (QED) is 0.674. The van der Waals surface area contributed by atoms with Gasteiger partial charge in [-0.05, 0) is 26.0 Å². The molecular weight excluding hydrogens is 371 g/mol. The third-order valence-electron chi connectivity index (χ3n) is 4.16. The van der Waals surface area contributed by atoms with Crippen molar-refractivity contribution in [3.05, 3.63) is 59.7 Å². The zero-order valence-corrected chi connectivity index (χ0v) is 15.3. The molecule has 144 valence electrons. The van der Waals surface area contributed by atoms with Crippen molar-refractivity contribution >= 4 is 0 Å². The Kier molecular flexibility index (Phi) is 4.81. The van der Waals surface area contributed by atoms with Gasteiger partial charge >= 0.3 is 6.18 Å². The van der Waals surface area contributed by atoms with Crippen LogP contribution in [0.15, 0.2) is 42.7 Å². The summed E-state index contributed by atoms with van der Waals surface area (Å²) in [5.74, 6) is 0.605. The van der Waals surface area contributed by atoms with E-state index in [1.54, 1.807) is 20.9 Å². The highest BCUT2D eigenvalue weighted by Gasteiger charge is 2.36. The number of benzene rings is 1. The number of nitriles is 1. The lowest BCUT2D eigenvalue weighted by molar-refractivity contribution is -0.137. The van der Waals surface area contributed by atoms with Crippen LogP contribution < -0.4 is 4.74 Å². The van der Waals surface area contributed by atoms with E-state index >= 15 is 0 Å². The predicted octanol–water partition coefficient (Wildman–Crippen LogP) is 4.08. The molecule has 0 bridgehead atoms. The Bertz CT molecular complexity index is 1050. The predicted molar refractivity (Wildman–Crippen MR) is 94.0 cm³/mol. The normalized spacial score (nSPS) is 11.9. The van der Waals surface area contributed by atoms with Crippen LogP contribution in [0.3, 0.4) is 0 Å². The standard InChI is InChI=1S/C19H16F3N5O/c1-18(2,28-15-11-24-9-8-12(15)10-23)17-26-25-16(27(17)3)13-6-4-5-7-14(13)19(20,21)22/h4-9,11H,1-3H3. The summed E-state index contributed by atoms with van der Waals surface area (Å²) < 4.78 is 47.4. The van der Waals surface area contributed by atoms with Gasteiger partial charge in [0.1, 0.15) is 6.07 Å². The molecule has 0 atom stereocenters. The summed E-state index contributed by atoms with van der Waals surface area (Å²) in [6, 6.07) is 8.69. The maximum Gasteiger partial charge on any atom is 0.417 e. The summed E-state index contributed by atoms with van der Waals surface area (Å²) in [5.41, 5.74) is -1.67. The van der Waals surface area contributed by atoms with Crippen molar-refractivity contribution in [3.63, 3.8) is 0 Å². The molecule has 0 fully saturated rings. The maximum absolute atomic E-state index is 13.4. The average Bonchev–Trinajstić information content (AvgIpc) is 3.03. The van der Waals surface area contributed by atoms with E-state index in [0.717, 1.165) is 6.07 Å². The van der Waals surface area contributed by atoms with Gasteiger partial charge in [-0.1, -0.05) is 18.2 Å². The first-order valence-corrected chi connectivity index (χ1v) is 8.24. The Morgan fingerprint density at radius 3 is 2.50 bits per heavy atom. The minimum absolute atomic E-state index is 0.0614. The van der Waals surface area contributed by atoms with Crippen molar-refractivity contribution in [3.8, 4) is 23.2 Å². The highest BCUT2D eigenvalue weighted by atomic mass is 19.4. The van der Waals surface area contributed by atoms with Crippen molar-refractivity contribution in [2.75, 3.05) is 0 Å². The number of nitrogens with zero attached hydrogens (tertiary/aromatic N) is 5. The zero-order valence-electron chi connectivity index (χ0n) is 15.3. The van der Waals surface area contributed by atoms with E-state index < -0.39 is 17.3 Å². The number of halogens is 3. The van der Waals surface area contributed by atoms with Crippen LogP contribution in [0.2, 0.25) is 0 Å². The van der Waals surface area contributed by atoms with Gasteiger partial charge in [0.2, 0.25) is 0 Å². The van der Waals surface area contributed by atoms with Crippen LogP contribution in [-0.2, 0) is 18.8 Å². The molecule has 0 N–H and O–H groups in total. The van der Waals surface area contributed by atoms with E-state index in [4.69, 9.17) is 4.74 Å². The van der Waals surface area contributed by atoms with E-state index in [1.165, 1.54) is 41.2 Å². The molecule has 0 aliphatic carbocycles. The van der Waals surface area contributed by atoms with Crippen molar-refractivity contribution in [1.29, 1.82) is 5.26 Å². The Hall–Kier alpha value is -3.41. The molecule has 28 heavy (non-hydrogen) atoms. The molecule has 0 saturated carbocycles. The monoisotopic (exact) mass is 387 g/mol. The summed E-state index contributed by atoms with van der Waals surface area (Å²) in [7, 11) is 1.57. The van der Waals surface area contributed by atoms with Crippen LogP contribution in [-0.4, -0.2) is 19.7 Å². The molecule has 3 aromatic rings. The van der Waals surface area contributed by atoms with Crippen molar-refractivity contribution in [2.24, 2.45) is 7.05 Å². The molecule has 2 heterocycles. The molecule has 0 aliphatic rings. The van der Waals surface area contributed by atoms with Gasteiger partial charge in [0.05, 0.1) is 17.3 Å². The Morgan fingerprint density at radius 2 is 1.82 bits per heavy atom. The molecule has 6 nitrogen and oxygen atoms in total. The lowest BCUT2D eigenvalue weighted by atomic mass is 10.1. The van der Waals surface area contributed by atoms with E-state index in [-0.39, 0.29) is 22.7 Å². The summed E-state index contributed by atoms with van der Waals surface area (Å²) in [5, 5.41) is 17.2. The van der Waals surface area contributed by atoms with E-state index in [2.05, 4.69) is 15.2 Å². The molecule has 0 saturated heterocycles. The van der Waals surface area contributed by atoms with Gasteiger partial charge in [-0.15, -0.1) is 10.2 Å². The number of pyridine rings is 1. The molecule has 0 amide bonds. The lowest BCUT2D eigenvalue weighted by Crippen LogP contribution is -2.29. The van der Waals surface area contributed by atoms with Crippen molar-refractivity contribution in [2.45, 2.75) is 25.6 Å². The van der Waals surface area contributed by atoms with E-state index in [0.29, 0.717) is 5.82 Å². The van der Waals surface area contributed by atoms with Gasteiger partial charge in [-0.2, -0.15) is 18.4 Å². The molecule has 0 unspecified atom stereocenters. The van der Waals surface area contributed by atoms with Gasteiger partial charge in [0, 0.05) is 18.8 Å². The number of aromatic nitrogens is 4. The zero-order chi connectivity index (χ0) is 20.5. The van der Waals surface area contributed by atoms with Crippen LogP contribution in [0.5, 0.6) is 5.75 Å². The molecule has 2 aromatic heterocycles. The van der Waals surface area contributed by atoms with Crippen LogP contribution in [0.1, 0.15) is 30.8 Å². The van der Waals surface area contributed by atoms with E-state index in [9.17, 15) is 18.4 Å². The minimum atomic E-state index is -4.52. The Balaban J connectivity index is 2.03. The highest BCUT2D eigenvalue weighted by Crippen LogP contribution is 2.37.